The van der Waals surface area contributed by atoms with Crippen molar-refractivity contribution in [1.82, 2.24) is 20.5 Å². The quantitative estimate of drug-likeness (QED) is 0.379. The van der Waals surface area contributed by atoms with E-state index in [1.54, 1.807) is 6.07 Å². The first-order valence-corrected chi connectivity index (χ1v) is 8.09. The SMILES string of the molecule is O=C(NCCc1c[nH]c2ccccc12)c1n[nH]c2ccc([N+](=O)[O-])cc12. The molecule has 4 aromatic rings. The summed E-state index contributed by atoms with van der Waals surface area (Å²) in [7, 11) is 0. The monoisotopic (exact) mass is 349 g/mol. The molecule has 4 rings (SSSR count). The maximum atomic E-state index is 12.4. The number of carbonyl (C=O) groups is 1. The van der Waals surface area contributed by atoms with Gasteiger partial charge in [-0.3, -0.25) is 20.0 Å². The van der Waals surface area contributed by atoms with Crippen molar-refractivity contribution in [1.29, 1.82) is 0 Å². The molecule has 2 aromatic carbocycles. The Kier molecular flexibility index (Phi) is 3.85. The van der Waals surface area contributed by atoms with Crippen LogP contribution in [0.1, 0.15) is 16.1 Å². The van der Waals surface area contributed by atoms with Crippen LogP contribution in [0.4, 0.5) is 5.69 Å². The van der Waals surface area contributed by atoms with E-state index in [1.165, 1.54) is 12.1 Å². The number of aromatic nitrogens is 3. The lowest BCUT2D eigenvalue weighted by Gasteiger charge is -2.03. The Hall–Kier alpha value is -3.68. The van der Waals surface area contributed by atoms with E-state index >= 15 is 0 Å². The molecule has 0 unspecified atom stereocenters. The summed E-state index contributed by atoms with van der Waals surface area (Å²) in [5.41, 5.74) is 2.83. The molecule has 0 aliphatic carbocycles. The smallest absolute Gasteiger partial charge is 0.272 e. The van der Waals surface area contributed by atoms with Crippen LogP contribution in [0.15, 0.2) is 48.7 Å². The summed E-state index contributed by atoms with van der Waals surface area (Å²) in [5, 5.41) is 22.0. The number of non-ortho nitro benzene ring substituents is 1. The summed E-state index contributed by atoms with van der Waals surface area (Å²) >= 11 is 0. The molecule has 0 saturated carbocycles. The van der Waals surface area contributed by atoms with E-state index in [1.807, 2.05) is 30.5 Å². The van der Waals surface area contributed by atoms with Gasteiger partial charge in [0, 0.05) is 41.2 Å². The molecule has 2 aromatic heterocycles. The number of amides is 1. The first-order valence-electron chi connectivity index (χ1n) is 8.09. The summed E-state index contributed by atoms with van der Waals surface area (Å²) in [6.07, 6.45) is 2.60. The lowest BCUT2D eigenvalue weighted by molar-refractivity contribution is -0.384. The lowest BCUT2D eigenvalue weighted by Crippen LogP contribution is -2.26. The molecule has 1 amide bonds. The van der Waals surface area contributed by atoms with Gasteiger partial charge in [0.25, 0.3) is 11.6 Å². The van der Waals surface area contributed by atoms with Crippen LogP contribution in [-0.2, 0) is 6.42 Å². The van der Waals surface area contributed by atoms with Crippen molar-refractivity contribution >= 4 is 33.4 Å². The van der Waals surface area contributed by atoms with E-state index in [-0.39, 0.29) is 17.3 Å². The average molecular weight is 349 g/mol. The molecule has 8 heteroatoms. The minimum atomic E-state index is -0.495. The number of aromatic amines is 2. The van der Waals surface area contributed by atoms with Crippen LogP contribution in [-0.4, -0.2) is 32.6 Å². The zero-order chi connectivity index (χ0) is 18.1. The second-order valence-corrected chi connectivity index (χ2v) is 5.92. The highest BCUT2D eigenvalue weighted by Crippen LogP contribution is 2.22. The standard InChI is InChI=1S/C18H15N5O3/c24-18(17-14-9-12(23(25)26)5-6-16(14)21-22-17)19-8-7-11-10-20-15-4-2-1-3-13(11)15/h1-6,9-10,20H,7-8H2,(H,19,24)(H,21,22). The van der Waals surface area contributed by atoms with Crippen LogP contribution in [0.2, 0.25) is 0 Å². The number of nitro groups is 1. The van der Waals surface area contributed by atoms with Crippen LogP contribution < -0.4 is 5.32 Å². The fourth-order valence-electron chi connectivity index (χ4n) is 3.02. The second kappa shape index (κ2) is 6.32. The van der Waals surface area contributed by atoms with E-state index in [4.69, 9.17) is 0 Å². The normalized spacial score (nSPS) is 11.1. The molecule has 130 valence electrons. The fraction of sp³-hybridized carbons (Fsp3) is 0.111. The van der Waals surface area contributed by atoms with Gasteiger partial charge in [0.2, 0.25) is 0 Å². The Morgan fingerprint density at radius 3 is 2.85 bits per heavy atom. The van der Waals surface area contributed by atoms with Crippen LogP contribution in [0.25, 0.3) is 21.8 Å². The first kappa shape index (κ1) is 15.8. The van der Waals surface area contributed by atoms with Crippen LogP contribution >= 0.6 is 0 Å². The molecule has 0 saturated heterocycles. The Bertz CT molecular complexity index is 1130. The Balaban J connectivity index is 1.49. The Morgan fingerprint density at radius 2 is 2.00 bits per heavy atom. The van der Waals surface area contributed by atoms with Gasteiger partial charge < -0.3 is 10.3 Å². The summed E-state index contributed by atoms with van der Waals surface area (Å²) in [6.45, 7) is 0.434. The summed E-state index contributed by atoms with van der Waals surface area (Å²) in [5.74, 6) is -0.364. The van der Waals surface area contributed by atoms with Crippen molar-refractivity contribution in [3.63, 3.8) is 0 Å². The predicted molar refractivity (Wildman–Crippen MR) is 97.1 cm³/mol. The van der Waals surface area contributed by atoms with E-state index in [9.17, 15) is 14.9 Å². The first-order chi connectivity index (χ1) is 12.6. The van der Waals surface area contributed by atoms with Gasteiger partial charge in [-0.05, 0) is 24.1 Å². The van der Waals surface area contributed by atoms with E-state index in [0.717, 1.165) is 16.5 Å². The minimum absolute atomic E-state index is 0.0771. The fourth-order valence-corrected chi connectivity index (χ4v) is 3.02. The number of carbonyl (C=O) groups excluding carboxylic acids is 1. The third-order valence-electron chi connectivity index (χ3n) is 4.33. The van der Waals surface area contributed by atoms with Crippen molar-refractivity contribution in [2.24, 2.45) is 0 Å². The zero-order valence-corrected chi connectivity index (χ0v) is 13.7. The van der Waals surface area contributed by atoms with Gasteiger partial charge in [-0.2, -0.15) is 5.10 Å². The number of hydrogen-bond acceptors (Lipinski definition) is 4. The summed E-state index contributed by atoms with van der Waals surface area (Å²) in [6, 6.07) is 12.2. The van der Waals surface area contributed by atoms with Crippen molar-refractivity contribution in [2.45, 2.75) is 6.42 Å². The molecule has 3 N–H and O–H groups in total. The maximum absolute atomic E-state index is 12.4. The zero-order valence-electron chi connectivity index (χ0n) is 13.7. The van der Waals surface area contributed by atoms with Gasteiger partial charge in [0.15, 0.2) is 5.69 Å². The number of para-hydroxylation sites is 1. The Morgan fingerprint density at radius 1 is 1.15 bits per heavy atom. The molecular formula is C18H15N5O3. The molecule has 0 radical (unpaired) electrons. The molecule has 2 heterocycles. The Labute approximate surface area is 147 Å². The van der Waals surface area contributed by atoms with Gasteiger partial charge >= 0.3 is 0 Å². The summed E-state index contributed by atoms with van der Waals surface area (Å²) in [4.78, 5) is 26.1. The van der Waals surface area contributed by atoms with Gasteiger partial charge in [0.05, 0.1) is 10.4 Å². The van der Waals surface area contributed by atoms with Crippen molar-refractivity contribution in [2.75, 3.05) is 6.54 Å². The second-order valence-electron chi connectivity index (χ2n) is 5.92. The van der Waals surface area contributed by atoms with E-state index < -0.39 is 4.92 Å². The molecule has 26 heavy (non-hydrogen) atoms. The highest BCUT2D eigenvalue weighted by Gasteiger charge is 2.17. The molecular weight excluding hydrogens is 334 g/mol. The number of nitrogens with one attached hydrogen (secondary N) is 3. The highest BCUT2D eigenvalue weighted by atomic mass is 16.6. The topological polar surface area (TPSA) is 117 Å². The molecule has 0 aliphatic heterocycles. The number of hydrogen-bond donors (Lipinski definition) is 3. The van der Waals surface area contributed by atoms with Gasteiger partial charge in [0.1, 0.15) is 0 Å². The molecule has 0 atom stereocenters. The van der Waals surface area contributed by atoms with Gasteiger partial charge in [-0.1, -0.05) is 18.2 Å². The number of nitro benzene ring substituents is 1. The molecule has 0 fully saturated rings. The van der Waals surface area contributed by atoms with Gasteiger partial charge in [-0.15, -0.1) is 0 Å². The maximum Gasteiger partial charge on any atom is 0.272 e. The largest absolute Gasteiger partial charge is 0.361 e. The third-order valence-corrected chi connectivity index (χ3v) is 4.33. The molecule has 0 bridgehead atoms. The number of H-pyrrole nitrogens is 2. The number of rotatable bonds is 5. The van der Waals surface area contributed by atoms with Crippen LogP contribution in [0.5, 0.6) is 0 Å². The number of benzene rings is 2. The van der Waals surface area contributed by atoms with E-state index in [0.29, 0.717) is 23.9 Å². The third kappa shape index (κ3) is 2.77. The highest BCUT2D eigenvalue weighted by molar-refractivity contribution is 6.05. The van der Waals surface area contributed by atoms with Crippen molar-refractivity contribution in [3.05, 3.63) is 70.0 Å². The minimum Gasteiger partial charge on any atom is -0.361 e. The number of nitrogens with zero attached hydrogens (tertiary/aromatic N) is 2. The van der Waals surface area contributed by atoms with Crippen LogP contribution in [0.3, 0.4) is 0 Å². The van der Waals surface area contributed by atoms with Crippen LogP contribution in [0, 0.1) is 10.1 Å². The average Bonchev–Trinajstić information content (AvgIpc) is 3.25. The molecule has 0 aliphatic rings. The molecule has 0 spiro atoms. The number of fused-ring (bicyclic) bond motifs is 2. The van der Waals surface area contributed by atoms with E-state index in [2.05, 4.69) is 20.5 Å². The molecule has 8 nitrogen and oxygen atoms in total. The van der Waals surface area contributed by atoms with Crippen molar-refractivity contribution < 1.29 is 9.72 Å². The van der Waals surface area contributed by atoms with Gasteiger partial charge in [-0.25, -0.2) is 0 Å². The predicted octanol–water partition coefficient (Wildman–Crippen LogP) is 2.92. The lowest BCUT2D eigenvalue weighted by atomic mass is 10.1. The summed E-state index contributed by atoms with van der Waals surface area (Å²) < 4.78 is 0. The van der Waals surface area contributed by atoms with Crippen molar-refractivity contribution in [3.8, 4) is 0 Å².